The number of imidazole rings is 1. The monoisotopic (exact) mass is 275 g/mol. The second kappa shape index (κ2) is 4.37. The van der Waals surface area contributed by atoms with Crippen LogP contribution >= 0.6 is 0 Å². The number of aromatic amines is 2. The second-order valence-electron chi connectivity index (χ2n) is 4.44. The number of H-pyrrole nitrogens is 2. The predicted molar refractivity (Wildman–Crippen MR) is 72.3 cm³/mol. The lowest BCUT2D eigenvalue weighted by atomic mass is 10.2. The molecule has 0 aliphatic rings. The van der Waals surface area contributed by atoms with Gasteiger partial charge in [0.05, 0.1) is 19.3 Å². The van der Waals surface area contributed by atoms with Crippen molar-refractivity contribution in [2.45, 2.75) is 6.54 Å². The van der Waals surface area contributed by atoms with Crippen molar-refractivity contribution < 1.29 is 14.9 Å². The highest BCUT2D eigenvalue weighted by Gasteiger charge is 2.12. The third-order valence-corrected chi connectivity index (χ3v) is 3.18. The first-order chi connectivity index (χ1) is 9.58. The molecule has 0 amide bonds. The van der Waals surface area contributed by atoms with Crippen LogP contribution in [0.2, 0.25) is 0 Å². The lowest BCUT2D eigenvalue weighted by molar-refractivity contribution is 0.415. The first-order valence-corrected chi connectivity index (χ1v) is 5.94. The highest BCUT2D eigenvalue weighted by Crippen LogP contribution is 2.30. The standard InChI is InChI=1S/C13H13N3O4/c1-20-8-2-3-9-7(4-8)5-16(12(9)18)6-10-11(17)15-13(19)14-10/h2-5,17-18H,6H2,1H3,(H2,14,15,19). The van der Waals surface area contributed by atoms with Crippen molar-refractivity contribution >= 4 is 10.8 Å². The minimum Gasteiger partial charge on any atom is -0.497 e. The van der Waals surface area contributed by atoms with Gasteiger partial charge in [0.15, 0.2) is 5.88 Å². The fourth-order valence-electron chi connectivity index (χ4n) is 2.18. The molecule has 0 atom stereocenters. The van der Waals surface area contributed by atoms with Crippen LogP contribution in [-0.4, -0.2) is 31.9 Å². The third-order valence-electron chi connectivity index (χ3n) is 3.18. The molecule has 0 radical (unpaired) electrons. The Morgan fingerprint density at radius 1 is 1.30 bits per heavy atom. The Hall–Kier alpha value is -2.83. The molecule has 0 spiro atoms. The van der Waals surface area contributed by atoms with E-state index in [1.807, 2.05) is 0 Å². The van der Waals surface area contributed by atoms with Crippen LogP contribution in [0.1, 0.15) is 5.69 Å². The summed E-state index contributed by atoms with van der Waals surface area (Å²) in [6, 6.07) is 5.30. The molecule has 7 heteroatoms. The highest BCUT2D eigenvalue weighted by molar-refractivity contribution is 5.89. The predicted octanol–water partition coefficient (Wildman–Crippen LogP) is 1.13. The van der Waals surface area contributed by atoms with Gasteiger partial charge in [-0.25, -0.2) is 4.79 Å². The number of rotatable bonds is 3. The minimum absolute atomic E-state index is 0.0594. The molecule has 104 valence electrons. The number of methoxy groups -OCH3 is 1. The zero-order valence-electron chi connectivity index (χ0n) is 10.7. The molecule has 0 bridgehead atoms. The lowest BCUT2D eigenvalue weighted by Gasteiger charge is -2.02. The number of nitrogens with one attached hydrogen (secondary N) is 2. The Morgan fingerprint density at radius 2 is 2.10 bits per heavy atom. The Kier molecular flexibility index (Phi) is 2.67. The number of hydrogen-bond donors (Lipinski definition) is 4. The maximum Gasteiger partial charge on any atom is 0.326 e. The molecule has 3 aromatic rings. The molecule has 0 aliphatic heterocycles. The molecule has 0 aliphatic carbocycles. The summed E-state index contributed by atoms with van der Waals surface area (Å²) < 4.78 is 6.66. The van der Waals surface area contributed by atoms with Crippen LogP contribution in [0.15, 0.2) is 29.2 Å². The maximum atomic E-state index is 11.1. The molecular formula is C13H13N3O4. The van der Waals surface area contributed by atoms with E-state index in [1.165, 1.54) is 4.57 Å². The molecule has 0 fully saturated rings. The van der Waals surface area contributed by atoms with Crippen molar-refractivity contribution in [1.82, 2.24) is 14.5 Å². The van der Waals surface area contributed by atoms with Gasteiger partial charge < -0.3 is 24.5 Å². The van der Waals surface area contributed by atoms with Crippen LogP contribution in [0.4, 0.5) is 0 Å². The average molecular weight is 275 g/mol. The van der Waals surface area contributed by atoms with E-state index in [0.29, 0.717) is 16.8 Å². The van der Waals surface area contributed by atoms with Crippen LogP contribution in [0.25, 0.3) is 10.8 Å². The molecule has 4 N–H and O–H groups in total. The molecule has 20 heavy (non-hydrogen) atoms. The largest absolute Gasteiger partial charge is 0.497 e. The molecule has 2 aromatic heterocycles. The van der Waals surface area contributed by atoms with Crippen LogP contribution in [0.3, 0.4) is 0 Å². The maximum absolute atomic E-state index is 11.1. The molecule has 7 nitrogen and oxygen atoms in total. The molecule has 0 saturated carbocycles. The van der Waals surface area contributed by atoms with E-state index in [4.69, 9.17) is 4.74 Å². The summed E-state index contributed by atoms with van der Waals surface area (Å²) in [6.45, 7) is 0.146. The van der Waals surface area contributed by atoms with E-state index in [-0.39, 0.29) is 18.3 Å². The first kappa shape index (κ1) is 12.2. The Labute approximate surface area is 113 Å². The lowest BCUT2D eigenvalue weighted by Crippen LogP contribution is -2.03. The number of aromatic hydroxyl groups is 2. The summed E-state index contributed by atoms with van der Waals surface area (Å²) in [4.78, 5) is 15.8. The summed E-state index contributed by atoms with van der Waals surface area (Å²) in [5.41, 5.74) is -0.187. The number of ether oxygens (including phenoxy) is 1. The second-order valence-corrected chi connectivity index (χ2v) is 4.44. The average Bonchev–Trinajstić information content (AvgIpc) is 2.90. The van der Waals surface area contributed by atoms with Gasteiger partial charge >= 0.3 is 5.69 Å². The number of fused-ring (bicyclic) bond motifs is 1. The molecule has 0 unspecified atom stereocenters. The van der Waals surface area contributed by atoms with Crippen molar-refractivity contribution in [1.29, 1.82) is 0 Å². The minimum atomic E-state index is -0.490. The van der Waals surface area contributed by atoms with Crippen molar-refractivity contribution in [3.8, 4) is 17.5 Å². The topological polar surface area (TPSA) is 103 Å². The quantitative estimate of drug-likeness (QED) is 0.575. The van der Waals surface area contributed by atoms with Gasteiger partial charge in [0.2, 0.25) is 5.88 Å². The van der Waals surface area contributed by atoms with Crippen molar-refractivity contribution in [2.75, 3.05) is 7.11 Å². The van der Waals surface area contributed by atoms with E-state index in [2.05, 4.69) is 9.97 Å². The normalized spacial score (nSPS) is 11.1. The van der Waals surface area contributed by atoms with Crippen molar-refractivity contribution in [2.24, 2.45) is 0 Å². The molecule has 0 saturated heterocycles. The SMILES string of the molecule is COc1ccc2c(O)n(Cc3[nH]c(=O)[nH]c3O)cc2c1. The van der Waals surface area contributed by atoms with Crippen LogP contribution in [-0.2, 0) is 6.54 Å². The number of aromatic nitrogens is 3. The van der Waals surface area contributed by atoms with Crippen LogP contribution in [0, 0.1) is 0 Å². The highest BCUT2D eigenvalue weighted by atomic mass is 16.5. The van der Waals surface area contributed by atoms with Crippen molar-refractivity contribution in [3.63, 3.8) is 0 Å². The van der Waals surface area contributed by atoms with Crippen LogP contribution < -0.4 is 10.4 Å². The van der Waals surface area contributed by atoms with E-state index in [0.717, 1.165) is 5.39 Å². The van der Waals surface area contributed by atoms with Gasteiger partial charge in [-0.1, -0.05) is 0 Å². The van der Waals surface area contributed by atoms with E-state index in [9.17, 15) is 15.0 Å². The van der Waals surface area contributed by atoms with Gasteiger partial charge in [0.1, 0.15) is 5.75 Å². The zero-order valence-corrected chi connectivity index (χ0v) is 10.7. The molecule has 3 rings (SSSR count). The van der Waals surface area contributed by atoms with Gasteiger partial charge in [-0.3, -0.25) is 4.98 Å². The summed E-state index contributed by atoms with van der Waals surface area (Å²) in [6.07, 6.45) is 1.72. The van der Waals surface area contributed by atoms with Gasteiger partial charge in [-0.05, 0) is 18.2 Å². The summed E-state index contributed by atoms with van der Waals surface area (Å²) >= 11 is 0. The fourth-order valence-corrected chi connectivity index (χ4v) is 2.18. The first-order valence-electron chi connectivity index (χ1n) is 5.94. The van der Waals surface area contributed by atoms with Crippen molar-refractivity contribution in [3.05, 3.63) is 40.6 Å². The van der Waals surface area contributed by atoms with Gasteiger partial charge in [-0.15, -0.1) is 0 Å². The van der Waals surface area contributed by atoms with E-state index >= 15 is 0 Å². The van der Waals surface area contributed by atoms with Gasteiger partial charge in [-0.2, -0.15) is 0 Å². The van der Waals surface area contributed by atoms with E-state index < -0.39 is 5.69 Å². The third kappa shape index (κ3) is 1.89. The molecule has 1 aromatic carbocycles. The summed E-state index contributed by atoms with van der Waals surface area (Å²) in [5, 5.41) is 21.2. The Bertz CT molecular complexity index is 828. The van der Waals surface area contributed by atoms with Gasteiger partial charge in [0, 0.05) is 17.0 Å². The zero-order chi connectivity index (χ0) is 14.3. The van der Waals surface area contributed by atoms with Gasteiger partial charge in [0.25, 0.3) is 0 Å². The molecular weight excluding hydrogens is 262 g/mol. The summed E-state index contributed by atoms with van der Waals surface area (Å²) in [7, 11) is 1.57. The smallest absolute Gasteiger partial charge is 0.326 e. The fraction of sp³-hybridized carbons (Fsp3) is 0.154. The number of hydrogen-bond acceptors (Lipinski definition) is 4. The van der Waals surface area contributed by atoms with Crippen LogP contribution in [0.5, 0.6) is 17.5 Å². The summed E-state index contributed by atoms with van der Waals surface area (Å²) in [5.74, 6) is 0.515. The Morgan fingerprint density at radius 3 is 2.75 bits per heavy atom. The number of nitrogens with zero attached hydrogens (tertiary/aromatic N) is 1. The molecule has 2 heterocycles. The number of benzene rings is 1. The van der Waals surface area contributed by atoms with E-state index in [1.54, 1.807) is 31.5 Å². The Balaban J connectivity index is 2.05.